The molecule has 0 radical (unpaired) electrons. The highest BCUT2D eigenvalue weighted by Gasteiger charge is 2.34. The largest absolute Gasteiger partial charge is 0.491 e. The summed E-state index contributed by atoms with van der Waals surface area (Å²) in [5.41, 5.74) is 0. The molecule has 0 N–H and O–H groups in total. The van der Waals surface area contributed by atoms with Crippen molar-refractivity contribution in [1.82, 2.24) is 0 Å². The Morgan fingerprint density at radius 3 is 2.07 bits per heavy atom. The van der Waals surface area contributed by atoms with E-state index in [9.17, 15) is 18.0 Å². The summed E-state index contributed by atoms with van der Waals surface area (Å²) in [4.78, 5) is 12.5. The van der Waals surface area contributed by atoms with Crippen LogP contribution in [0.5, 0.6) is 11.5 Å². The second kappa shape index (κ2) is 10.4. The predicted octanol–water partition coefficient (Wildman–Crippen LogP) is 6.76. The second-order valence-electron chi connectivity index (χ2n) is 8.58. The monoisotopic (exact) mass is 424 g/mol. The van der Waals surface area contributed by atoms with Crippen LogP contribution in [-0.2, 0) is 4.79 Å². The maximum atomic E-state index is 14.2. The van der Waals surface area contributed by atoms with Gasteiger partial charge >= 0.3 is 5.97 Å². The average molecular weight is 425 g/mol. The zero-order valence-electron chi connectivity index (χ0n) is 17.8. The molecule has 0 heterocycles. The zero-order valence-corrected chi connectivity index (χ0v) is 17.8. The molecule has 6 heteroatoms. The molecule has 0 aliphatic heterocycles. The fourth-order valence-corrected chi connectivity index (χ4v) is 4.99. The third-order valence-corrected chi connectivity index (χ3v) is 6.58. The summed E-state index contributed by atoms with van der Waals surface area (Å²) < 4.78 is 51.4. The Balaban J connectivity index is 1.49. The standard InChI is InChI=1S/C24H31F3O3/c1-3-29-20-12-13-21(23(27)22(20)26)30-24(28)19-10-8-18(9-11-19)17-6-4-16(5-7-17)14-15(2)25/h12-14,16-19H,3-11H2,1-2H3. The second-order valence-corrected chi connectivity index (χ2v) is 8.58. The van der Waals surface area contributed by atoms with Crippen LogP contribution < -0.4 is 9.47 Å². The van der Waals surface area contributed by atoms with Crippen LogP contribution in [0.4, 0.5) is 13.2 Å². The van der Waals surface area contributed by atoms with Gasteiger partial charge in [-0.3, -0.25) is 4.79 Å². The number of esters is 1. The number of hydrogen-bond acceptors (Lipinski definition) is 3. The van der Waals surface area contributed by atoms with Gasteiger partial charge in [-0.05, 0) is 95.1 Å². The van der Waals surface area contributed by atoms with Gasteiger partial charge in [-0.2, -0.15) is 8.78 Å². The van der Waals surface area contributed by atoms with Gasteiger partial charge in [0.05, 0.1) is 18.4 Å². The van der Waals surface area contributed by atoms with E-state index in [1.807, 2.05) is 0 Å². The average Bonchev–Trinajstić information content (AvgIpc) is 2.74. The Hall–Kier alpha value is -1.98. The van der Waals surface area contributed by atoms with Crippen LogP contribution in [-0.4, -0.2) is 12.6 Å². The van der Waals surface area contributed by atoms with Crippen molar-refractivity contribution in [1.29, 1.82) is 0 Å². The van der Waals surface area contributed by atoms with Gasteiger partial charge < -0.3 is 9.47 Å². The number of carbonyl (C=O) groups is 1. The summed E-state index contributed by atoms with van der Waals surface area (Å²) in [6.45, 7) is 3.39. The van der Waals surface area contributed by atoms with E-state index < -0.39 is 23.4 Å². The third kappa shape index (κ3) is 5.58. The van der Waals surface area contributed by atoms with Crippen molar-refractivity contribution in [3.05, 3.63) is 35.7 Å². The quantitative estimate of drug-likeness (QED) is 0.374. The topological polar surface area (TPSA) is 35.5 Å². The fourth-order valence-electron chi connectivity index (χ4n) is 4.99. The molecule has 0 amide bonds. The van der Waals surface area contributed by atoms with Crippen LogP contribution in [0.3, 0.4) is 0 Å². The summed E-state index contributed by atoms with van der Waals surface area (Å²) in [5.74, 6) is -2.25. The highest BCUT2D eigenvalue weighted by molar-refractivity contribution is 5.75. The molecule has 1 aromatic carbocycles. The fraction of sp³-hybridized carbons (Fsp3) is 0.625. The molecular weight excluding hydrogens is 393 g/mol. The number of rotatable bonds is 6. The van der Waals surface area contributed by atoms with Gasteiger partial charge in [-0.1, -0.05) is 6.08 Å². The number of ether oxygens (including phenoxy) is 2. The molecule has 1 aromatic rings. The highest BCUT2D eigenvalue weighted by Crippen LogP contribution is 2.42. The van der Waals surface area contributed by atoms with Crippen molar-refractivity contribution < 1.29 is 27.4 Å². The van der Waals surface area contributed by atoms with E-state index in [1.165, 1.54) is 19.1 Å². The van der Waals surface area contributed by atoms with Gasteiger partial charge in [0.25, 0.3) is 0 Å². The lowest BCUT2D eigenvalue weighted by Crippen LogP contribution is -2.30. The van der Waals surface area contributed by atoms with E-state index >= 15 is 0 Å². The first-order valence-electron chi connectivity index (χ1n) is 11.0. The number of halogens is 3. The molecule has 2 saturated carbocycles. The molecule has 2 aliphatic carbocycles. The third-order valence-electron chi connectivity index (χ3n) is 6.58. The van der Waals surface area contributed by atoms with Gasteiger partial charge in [-0.15, -0.1) is 0 Å². The van der Waals surface area contributed by atoms with Crippen molar-refractivity contribution in [3.8, 4) is 11.5 Å². The van der Waals surface area contributed by atoms with E-state index in [-0.39, 0.29) is 24.1 Å². The van der Waals surface area contributed by atoms with Crippen molar-refractivity contribution in [2.75, 3.05) is 6.61 Å². The molecule has 0 bridgehead atoms. The maximum absolute atomic E-state index is 14.2. The minimum atomic E-state index is -1.20. The van der Waals surface area contributed by atoms with E-state index in [0.29, 0.717) is 30.6 Å². The molecule has 0 atom stereocenters. The summed E-state index contributed by atoms with van der Waals surface area (Å²) in [5, 5.41) is 0. The van der Waals surface area contributed by atoms with Crippen LogP contribution in [0.25, 0.3) is 0 Å². The first kappa shape index (κ1) is 22.7. The Bertz CT molecular complexity index is 757. The van der Waals surface area contributed by atoms with Gasteiger partial charge in [0.15, 0.2) is 11.5 Å². The normalized spacial score (nSPS) is 27.6. The molecule has 2 aliphatic rings. The lowest BCUT2D eigenvalue weighted by atomic mass is 9.69. The Labute approximate surface area is 176 Å². The zero-order chi connectivity index (χ0) is 21.7. The molecule has 2 fully saturated rings. The van der Waals surface area contributed by atoms with Crippen molar-refractivity contribution >= 4 is 5.97 Å². The van der Waals surface area contributed by atoms with Gasteiger partial charge in [0.2, 0.25) is 11.6 Å². The summed E-state index contributed by atoms with van der Waals surface area (Å²) in [7, 11) is 0. The molecular formula is C24H31F3O3. The van der Waals surface area contributed by atoms with Crippen molar-refractivity contribution in [2.45, 2.75) is 65.2 Å². The number of benzene rings is 1. The van der Waals surface area contributed by atoms with Crippen LogP contribution in [0.15, 0.2) is 24.0 Å². The summed E-state index contributed by atoms with van der Waals surface area (Å²) in [6.07, 6.45) is 9.28. The minimum Gasteiger partial charge on any atom is -0.491 e. The van der Waals surface area contributed by atoms with Crippen LogP contribution in [0.1, 0.15) is 65.2 Å². The Morgan fingerprint density at radius 1 is 0.967 bits per heavy atom. The van der Waals surface area contributed by atoms with E-state index in [2.05, 4.69) is 0 Å². The first-order chi connectivity index (χ1) is 14.4. The molecule has 0 aromatic heterocycles. The summed E-state index contributed by atoms with van der Waals surface area (Å²) in [6, 6.07) is 2.51. The molecule has 3 nitrogen and oxygen atoms in total. The van der Waals surface area contributed by atoms with Gasteiger partial charge in [-0.25, -0.2) is 4.39 Å². The Morgan fingerprint density at radius 2 is 1.50 bits per heavy atom. The van der Waals surface area contributed by atoms with Crippen LogP contribution in [0.2, 0.25) is 0 Å². The lowest BCUT2D eigenvalue weighted by Gasteiger charge is -2.36. The maximum Gasteiger partial charge on any atom is 0.314 e. The van der Waals surface area contributed by atoms with Crippen LogP contribution in [0, 0.1) is 35.3 Å². The molecule has 0 saturated heterocycles. The van der Waals surface area contributed by atoms with Crippen LogP contribution >= 0.6 is 0 Å². The first-order valence-corrected chi connectivity index (χ1v) is 11.0. The number of hydrogen-bond donors (Lipinski definition) is 0. The Kier molecular flexibility index (Phi) is 7.84. The molecule has 3 rings (SSSR count). The molecule has 0 unspecified atom stereocenters. The van der Waals surface area contributed by atoms with Crippen molar-refractivity contribution in [3.63, 3.8) is 0 Å². The highest BCUT2D eigenvalue weighted by atomic mass is 19.2. The molecule has 30 heavy (non-hydrogen) atoms. The SMILES string of the molecule is CCOc1ccc(OC(=O)C2CCC(C3CCC(C=C(C)F)CC3)CC2)c(F)c1F. The van der Waals surface area contributed by atoms with E-state index in [1.54, 1.807) is 13.0 Å². The number of allylic oxidation sites excluding steroid dienone is 2. The van der Waals surface area contributed by atoms with Gasteiger partial charge in [0, 0.05) is 0 Å². The lowest BCUT2D eigenvalue weighted by molar-refractivity contribution is -0.140. The number of carbonyl (C=O) groups excluding carboxylic acids is 1. The van der Waals surface area contributed by atoms with E-state index in [4.69, 9.17) is 9.47 Å². The predicted molar refractivity (Wildman–Crippen MR) is 109 cm³/mol. The molecule has 166 valence electrons. The van der Waals surface area contributed by atoms with Gasteiger partial charge in [0.1, 0.15) is 0 Å². The smallest absolute Gasteiger partial charge is 0.314 e. The van der Waals surface area contributed by atoms with Crippen molar-refractivity contribution in [2.24, 2.45) is 23.7 Å². The summed E-state index contributed by atoms with van der Waals surface area (Å²) >= 11 is 0. The molecule has 0 spiro atoms. The van der Waals surface area contributed by atoms with E-state index in [0.717, 1.165) is 38.5 Å². The minimum absolute atomic E-state index is 0.0960.